The van der Waals surface area contributed by atoms with Crippen molar-refractivity contribution in [2.75, 3.05) is 13.2 Å². The number of nitrogens with zero attached hydrogens (tertiary/aromatic N) is 2. The number of aliphatic hydroxyl groups is 1. The molecule has 0 fully saturated rings. The van der Waals surface area contributed by atoms with Crippen LogP contribution in [-0.2, 0) is 6.42 Å². The monoisotopic (exact) mass is 656 g/mol. The number of aromatic amines is 2. The Balaban J connectivity index is 1.58. The van der Waals surface area contributed by atoms with Crippen LogP contribution in [0.15, 0.2) is 77.6 Å². The van der Waals surface area contributed by atoms with E-state index in [-0.39, 0.29) is 24.8 Å². The van der Waals surface area contributed by atoms with Crippen molar-refractivity contribution in [1.82, 2.24) is 19.5 Å². The Labute approximate surface area is 243 Å². The SMILES string of the molecule is Cc1[nH]c([C@@H](Cc2ccccc2)n2c(O)c(-c3ccc(OCCO)cc3)[nH]c2=O)nc1-c1ccc(I)cc1Cl. The fourth-order valence-corrected chi connectivity index (χ4v) is 5.49. The average Bonchev–Trinajstić information content (AvgIpc) is 3.45. The van der Waals surface area contributed by atoms with Gasteiger partial charge in [0, 0.05) is 26.8 Å². The van der Waals surface area contributed by atoms with E-state index in [0.717, 1.165) is 20.4 Å². The van der Waals surface area contributed by atoms with Crippen LogP contribution in [-0.4, -0.2) is 42.9 Å². The van der Waals surface area contributed by atoms with Crippen LogP contribution in [0.5, 0.6) is 11.6 Å². The topological polar surface area (TPSA) is 116 Å². The second kappa shape index (κ2) is 11.7. The van der Waals surface area contributed by atoms with Crippen molar-refractivity contribution >= 4 is 34.2 Å². The van der Waals surface area contributed by atoms with Crippen LogP contribution < -0.4 is 10.4 Å². The van der Waals surface area contributed by atoms with Crippen LogP contribution in [0.2, 0.25) is 5.02 Å². The zero-order valence-corrected chi connectivity index (χ0v) is 23.9. The Morgan fingerprint density at radius 3 is 2.51 bits per heavy atom. The molecule has 5 aromatic rings. The Bertz CT molecular complexity index is 1640. The molecule has 0 aliphatic carbocycles. The van der Waals surface area contributed by atoms with Gasteiger partial charge in [0.1, 0.15) is 29.9 Å². The molecule has 3 aromatic carbocycles. The molecule has 2 heterocycles. The number of halogens is 2. The van der Waals surface area contributed by atoms with Gasteiger partial charge in [-0.05, 0) is 71.5 Å². The first-order valence-corrected chi connectivity index (χ1v) is 13.7. The molecule has 2 aromatic heterocycles. The number of aryl methyl sites for hydroxylation is 1. The zero-order valence-electron chi connectivity index (χ0n) is 21.0. The van der Waals surface area contributed by atoms with Gasteiger partial charge in [-0.1, -0.05) is 48.0 Å². The second-order valence-electron chi connectivity index (χ2n) is 9.02. The van der Waals surface area contributed by atoms with Crippen molar-refractivity contribution in [1.29, 1.82) is 0 Å². The molecule has 0 amide bonds. The van der Waals surface area contributed by atoms with Crippen molar-refractivity contribution in [3.05, 3.63) is 109 Å². The molecule has 10 heteroatoms. The number of aromatic nitrogens is 4. The fourth-order valence-electron chi connectivity index (χ4n) is 4.54. The standard InChI is InChI=1S/C29H26ClIN4O4/c1-17-25(22-12-9-20(31)16-23(22)30)33-27(32-17)24(15-18-5-3-2-4-6-18)35-28(37)26(34-29(35)38)19-7-10-21(11-8-19)39-14-13-36/h2-12,16,24,36-37H,13-15H2,1H3,(H,32,33)(H,34,38)/t24-/m1/s1. The molecule has 1 atom stereocenters. The van der Waals surface area contributed by atoms with Gasteiger partial charge in [-0.15, -0.1) is 0 Å². The minimum atomic E-state index is -0.632. The predicted octanol–water partition coefficient (Wildman–Crippen LogP) is 5.71. The van der Waals surface area contributed by atoms with Gasteiger partial charge in [0.05, 0.1) is 17.3 Å². The lowest BCUT2D eigenvalue weighted by atomic mass is 10.0. The van der Waals surface area contributed by atoms with Crippen molar-refractivity contribution < 1.29 is 14.9 Å². The third-order valence-electron chi connectivity index (χ3n) is 6.39. The molecule has 0 radical (unpaired) electrons. The molecule has 0 aliphatic heterocycles. The highest BCUT2D eigenvalue weighted by Gasteiger charge is 2.27. The quantitative estimate of drug-likeness (QED) is 0.152. The highest BCUT2D eigenvalue weighted by Crippen LogP contribution is 2.35. The summed E-state index contributed by atoms with van der Waals surface area (Å²) in [5, 5.41) is 20.9. The Kier molecular flexibility index (Phi) is 8.10. The normalized spacial score (nSPS) is 12.0. The van der Waals surface area contributed by atoms with Gasteiger partial charge in [0.25, 0.3) is 0 Å². The lowest BCUT2D eigenvalue weighted by molar-refractivity contribution is 0.201. The molecule has 5 rings (SSSR count). The second-order valence-corrected chi connectivity index (χ2v) is 10.7. The van der Waals surface area contributed by atoms with Gasteiger partial charge in [0.15, 0.2) is 0 Å². The Hall–Kier alpha value is -3.54. The molecule has 0 spiro atoms. The van der Waals surface area contributed by atoms with Crippen LogP contribution in [0.25, 0.3) is 22.5 Å². The third kappa shape index (κ3) is 5.75. The number of nitrogens with one attached hydrogen (secondary N) is 2. The summed E-state index contributed by atoms with van der Waals surface area (Å²) >= 11 is 8.76. The van der Waals surface area contributed by atoms with E-state index in [0.29, 0.717) is 34.3 Å². The zero-order chi connectivity index (χ0) is 27.5. The summed E-state index contributed by atoms with van der Waals surface area (Å²) in [7, 11) is 0. The van der Waals surface area contributed by atoms with Crippen molar-refractivity contribution in [2.45, 2.75) is 19.4 Å². The van der Waals surface area contributed by atoms with Gasteiger partial charge < -0.3 is 24.9 Å². The average molecular weight is 657 g/mol. The van der Waals surface area contributed by atoms with Crippen LogP contribution in [0.4, 0.5) is 0 Å². The van der Waals surface area contributed by atoms with Crippen LogP contribution in [0.3, 0.4) is 0 Å². The number of imidazole rings is 2. The minimum absolute atomic E-state index is 0.0920. The number of H-pyrrole nitrogens is 2. The van der Waals surface area contributed by atoms with Gasteiger partial charge in [-0.2, -0.15) is 0 Å². The summed E-state index contributed by atoms with van der Waals surface area (Å²) in [5.41, 5.74) is 3.68. The van der Waals surface area contributed by atoms with E-state index >= 15 is 0 Å². The maximum Gasteiger partial charge on any atom is 0.329 e. The largest absolute Gasteiger partial charge is 0.493 e. The molecule has 8 nitrogen and oxygen atoms in total. The first kappa shape index (κ1) is 27.0. The molecular formula is C29H26ClIN4O4. The van der Waals surface area contributed by atoms with Gasteiger partial charge in [0.2, 0.25) is 5.88 Å². The van der Waals surface area contributed by atoms with Crippen LogP contribution >= 0.6 is 34.2 Å². The van der Waals surface area contributed by atoms with E-state index in [9.17, 15) is 9.90 Å². The van der Waals surface area contributed by atoms with E-state index in [1.807, 2.05) is 55.5 Å². The molecule has 0 unspecified atom stereocenters. The summed E-state index contributed by atoms with van der Waals surface area (Å²) < 4.78 is 7.76. The van der Waals surface area contributed by atoms with E-state index in [2.05, 4.69) is 32.6 Å². The molecule has 0 bridgehead atoms. The maximum absolute atomic E-state index is 13.3. The van der Waals surface area contributed by atoms with E-state index < -0.39 is 11.7 Å². The molecule has 0 saturated heterocycles. The van der Waals surface area contributed by atoms with E-state index in [1.54, 1.807) is 24.3 Å². The number of hydrogen-bond acceptors (Lipinski definition) is 5. The van der Waals surface area contributed by atoms with Crippen molar-refractivity contribution in [3.63, 3.8) is 0 Å². The molecule has 39 heavy (non-hydrogen) atoms. The number of ether oxygens (including phenoxy) is 1. The van der Waals surface area contributed by atoms with E-state index in [1.165, 1.54) is 4.57 Å². The first-order chi connectivity index (χ1) is 18.9. The maximum atomic E-state index is 13.3. The fraction of sp³-hybridized carbons (Fsp3) is 0.172. The highest BCUT2D eigenvalue weighted by atomic mass is 127. The third-order valence-corrected chi connectivity index (χ3v) is 7.38. The summed E-state index contributed by atoms with van der Waals surface area (Å²) in [5.74, 6) is 0.897. The predicted molar refractivity (Wildman–Crippen MR) is 160 cm³/mol. The molecule has 0 aliphatic rings. The summed E-state index contributed by atoms with van der Waals surface area (Å²) in [6, 6.07) is 21.8. The number of hydrogen-bond donors (Lipinski definition) is 4. The number of aromatic hydroxyl groups is 1. The number of aliphatic hydroxyl groups excluding tert-OH is 1. The smallest absolute Gasteiger partial charge is 0.329 e. The van der Waals surface area contributed by atoms with Crippen molar-refractivity contribution in [2.24, 2.45) is 0 Å². The van der Waals surface area contributed by atoms with Crippen molar-refractivity contribution in [3.8, 4) is 34.1 Å². The molecular weight excluding hydrogens is 631 g/mol. The Morgan fingerprint density at radius 1 is 1.08 bits per heavy atom. The Morgan fingerprint density at radius 2 is 1.82 bits per heavy atom. The first-order valence-electron chi connectivity index (χ1n) is 12.3. The van der Waals surface area contributed by atoms with Gasteiger partial charge >= 0.3 is 5.69 Å². The molecule has 200 valence electrons. The van der Waals surface area contributed by atoms with Crippen LogP contribution in [0, 0.1) is 10.5 Å². The van der Waals surface area contributed by atoms with E-state index in [4.69, 9.17) is 26.4 Å². The summed E-state index contributed by atoms with van der Waals surface area (Å²) in [6.45, 7) is 1.99. The van der Waals surface area contributed by atoms with Gasteiger partial charge in [-0.25, -0.2) is 9.78 Å². The lowest BCUT2D eigenvalue weighted by Gasteiger charge is -2.17. The number of rotatable bonds is 9. The molecule has 0 saturated carbocycles. The molecule has 4 N–H and O–H groups in total. The summed E-state index contributed by atoms with van der Waals surface area (Å²) in [4.78, 5) is 24.4. The summed E-state index contributed by atoms with van der Waals surface area (Å²) in [6.07, 6.45) is 0.409. The minimum Gasteiger partial charge on any atom is -0.493 e. The highest BCUT2D eigenvalue weighted by molar-refractivity contribution is 14.1. The lowest BCUT2D eigenvalue weighted by Crippen LogP contribution is -2.25. The number of benzene rings is 3. The van der Waals surface area contributed by atoms with Gasteiger partial charge in [-0.3, -0.25) is 4.57 Å². The van der Waals surface area contributed by atoms with Crippen LogP contribution in [0.1, 0.15) is 23.1 Å².